The average Bonchev–Trinajstić information content (AvgIpc) is 2.68. The summed E-state index contributed by atoms with van der Waals surface area (Å²) in [7, 11) is 3.01. The molecule has 1 aliphatic rings. The van der Waals surface area contributed by atoms with Gasteiger partial charge in [0, 0.05) is 5.70 Å². The van der Waals surface area contributed by atoms with Gasteiger partial charge in [-0.3, -0.25) is 4.79 Å². The van der Waals surface area contributed by atoms with Crippen LogP contribution in [0, 0.1) is 5.82 Å². The van der Waals surface area contributed by atoms with Gasteiger partial charge in [0.25, 0.3) is 5.91 Å². The highest BCUT2D eigenvalue weighted by molar-refractivity contribution is 6.06. The highest BCUT2D eigenvalue weighted by Crippen LogP contribution is 2.34. The Morgan fingerprint density at radius 1 is 1.11 bits per heavy atom. The molecule has 7 nitrogen and oxygen atoms in total. The predicted octanol–water partition coefficient (Wildman–Crippen LogP) is 3.11. The first-order chi connectivity index (χ1) is 13.4. The molecule has 2 aromatic rings. The second kappa shape index (κ2) is 7.99. The molecule has 0 aromatic heterocycles. The highest BCUT2D eigenvalue weighted by Gasteiger charge is 2.32. The van der Waals surface area contributed by atoms with E-state index in [-0.39, 0.29) is 11.3 Å². The van der Waals surface area contributed by atoms with Crippen LogP contribution in [0.2, 0.25) is 0 Å². The lowest BCUT2D eigenvalue weighted by molar-refractivity contribution is -0.113. The van der Waals surface area contributed by atoms with E-state index < -0.39 is 23.8 Å². The van der Waals surface area contributed by atoms with Gasteiger partial charge in [-0.2, -0.15) is 0 Å². The van der Waals surface area contributed by atoms with Crippen LogP contribution in [0.15, 0.2) is 53.7 Å². The van der Waals surface area contributed by atoms with E-state index in [1.807, 2.05) is 0 Å². The summed E-state index contributed by atoms with van der Waals surface area (Å²) in [5.41, 5.74) is 1.30. The molecule has 2 aromatic carbocycles. The van der Waals surface area contributed by atoms with Crippen molar-refractivity contribution in [2.75, 3.05) is 19.5 Å². The highest BCUT2D eigenvalue weighted by atomic mass is 19.1. The van der Waals surface area contributed by atoms with Gasteiger partial charge in [-0.05, 0) is 36.8 Å². The van der Waals surface area contributed by atoms with Crippen LogP contribution in [0.1, 0.15) is 18.5 Å². The summed E-state index contributed by atoms with van der Waals surface area (Å²) in [4.78, 5) is 24.9. The Labute approximate surface area is 161 Å². The zero-order valence-electron chi connectivity index (χ0n) is 15.6. The minimum Gasteiger partial charge on any atom is -0.493 e. The van der Waals surface area contributed by atoms with E-state index in [0.29, 0.717) is 22.8 Å². The number of benzene rings is 2. The first kappa shape index (κ1) is 19.2. The molecule has 3 rings (SSSR count). The van der Waals surface area contributed by atoms with Gasteiger partial charge in [0.1, 0.15) is 5.82 Å². The number of carbonyl (C=O) groups is 2. The quantitative estimate of drug-likeness (QED) is 0.738. The minimum atomic E-state index is -0.750. The lowest BCUT2D eigenvalue weighted by Crippen LogP contribution is -2.46. The number of amides is 3. The van der Waals surface area contributed by atoms with Gasteiger partial charge >= 0.3 is 6.03 Å². The molecule has 0 aliphatic carbocycles. The summed E-state index contributed by atoms with van der Waals surface area (Å²) in [6.07, 6.45) is 0. The number of rotatable bonds is 5. The van der Waals surface area contributed by atoms with Gasteiger partial charge in [0.15, 0.2) is 11.5 Å². The van der Waals surface area contributed by atoms with Gasteiger partial charge in [0.2, 0.25) is 0 Å². The Hall–Kier alpha value is -3.55. The summed E-state index contributed by atoms with van der Waals surface area (Å²) in [6.45, 7) is 1.61. The molecule has 1 aliphatic heterocycles. The molecule has 8 heteroatoms. The van der Waals surface area contributed by atoms with Crippen molar-refractivity contribution < 1.29 is 23.5 Å². The van der Waals surface area contributed by atoms with Crippen LogP contribution < -0.4 is 25.4 Å². The number of anilines is 1. The van der Waals surface area contributed by atoms with E-state index in [1.165, 1.54) is 32.4 Å². The molecule has 146 valence electrons. The number of para-hydroxylation sites is 1. The molecule has 3 amide bonds. The topological polar surface area (TPSA) is 88.7 Å². The third-order valence-corrected chi connectivity index (χ3v) is 4.38. The van der Waals surface area contributed by atoms with Crippen LogP contribution in [0.25, 0.3) is 0 Å². The third-order valence-electron chi connectivity index (χ3n) is 4.38. The zero-order valence-corrected chi connectivity index (χ0v) is 15.6. The van der Waals surface area contributed by atoms with Crippen LogP contribution in [-0.2, 0) is 4.79 Å². The molecular formula is C20H20FN3O4. The number of urea groups is 1. The smallest absolute Gasteiger partial charge is 0.319 e. The average molecular weight is 385 g/mol. The van der Waals surface area contributed by atoms with E-state index in [2.05, 4.69) is 16.0 Å². The van der Waals surface area contributed by atoms with E-state index in [0.717, 1.165) is 0 Å². The molecule has 0 bridgehead atoms. The molecule has 0 spiro atoms. The number of allylic oxidation sites excluding steroid dienone is 1. The zero-order chi connectivity index (χ0) is 20.3. The summed E-state index contributed by atoms with van der Waals surface area (Å²) in [6, 6.07) is 9.76. The lowest BCUT2D eigenvalue weighted by atomic mass is 9.94. The molecule has 1 unspecified atom stereocenters. The van der Waals surface area contributed by atoms with Crippen molar-refractivity contribution in [3.8, 4) is 11.5 Å². The molecule has 0 saturated heterocycles. The Morgan fingerprint density at radius 2 is 1.82 bits per heavy atom. The molecule has 0 radical (unpaired) electrons. The van der Waals surface area contributed by atoms with Crippen molar-refractivity contribution in [1.29, 1.82) is 0 Å². The Bertz CT molecular complexity index is 958. The molecule has 0 fully saturated rings. The van der Waals surface area contributed by atoms with Crippen molar-refractivity contribution in [3.05, 3.63) is 65.1 Å². The summed E-state index contributed by atoms with van der Waals surface area (Å²) >= 11 is 0. The van der Waals surface area contributed by atoms with Gasteiger partial charge < -0.3 is 25.4 Å². The number of nitrogens with one attached hydrogen (secondary N) is 3. The maximum absolute atomic E-state index is 13.9. The third kappa shape index (κ3) is 3.75. The first-order valence-corrected chi connectivity index (χ1v) is 8.50. The maximum atomic E-state index is 13.9. The molecular weight excluding hydrogens is 365 g/mol. The van der Waals surface area contributed by atoms with Gasteiger partial charge in [-0.15, -0.1) is 0 Å². The Balaban J connectivity index is 1.99. The van der Waals surface area contributed by atoms with Crippen molar-refractivity contribution in [3.63, 3.8) is 0 Å². The SMILES string of the molecule is COc1ccc(C2NC(=O)NC(C)=C2C(=O)Nc2ccccc2F)cc1OC. The Morgan fingerprint density at radius 3 is 2.50 bits per heavy atom. The molecule has 1 heterocycles. The summed E-state index contributed by atoms with van der Waals surface area (Å²) in [5, 5.41) is 7.86. The number of hydrogen-bond acceptors (Lipinski definition) is 4. The number of ether oxygens (including phenoxy) is 2. The lowest BCUT2D eigenvalue weighted by Gasteiger charge is -2.29. The second-order valence-corrected chi connectivity index (χ2v) is 6.12. The van der Waals surface area contributed by atoms with Crippen molar-refractivity contribution in [2.45, 2.75) is 13.0 Å². The van der Waals surface area contributed by atoms with Gasteiger partial charge in [0.05, 0.1) is 31.5 Å². The van der Waals surface area contributed by atoms with E-state index in [4.69, 9.17) is 9.47 Å². The summed E-state index contributed by atoms with van der Waals surface area (Å²) in [5.74, 6) is -0.108. The predicted molar refractivity (Wildman–Crippen MR) is 102 cm³/mol. The van der Waals surface area contributed by atoms with Gasteiger partial charge in [-0.25, -0.2) is 9.18 Å². The molecule has 0 saturated carbocycles. The number of carbonyl (C=O) groups excluding carboxylic acids is 2. The van der Waals surface area contributed by atoms with Gasteiger partial charge in [-0.1, -0.05) is 18.2 Å². The molecule has 28 heavy (non-hydrogen) atoms. The fourth-order valence-electron chi connectivity index (χ4n) is 3.03. The number of halogens is 1. The minimum absolute atomic E-state index is 0.0516. The van der Waals surface area contributed by atoms with E-state index >= 15 is 0 Å². The number of methoxy groups -OCH3 is 2. The normalized spacial score (nSPS) is 16.1. The fourth-order valence-corrected chi connectivity index (χ4v) is 3.03. The maximum Gasteiger partial charge on any atom is 0.319 e. The van der Waals surface area contributed by atoms with Crippen LogP contribution in [0.4, 0.5) is 14.9 Å². The van der Waals surface area contributed by atoms with Crippen LogP contribution in [0.3, 0.4) is 0 Å². The second-order valence-electron chi connectivity index (χ2n) is 6.12. The molecule has 3 N–H and O–H groups in total. The summed E-state index contributed by atoms with van der Waals surface area (Å²) < 4.78 is 24.5. The van der Waals surface area contributed by atoms with Crippen LogP contribution in [-0.4, -0.2) is 26.2 Å². The molecule has 1 atom stereocenters. The fraction of sp³-hybridized carbons (Fsp3) is 0.200. The first-order valence-electron chi connectivity index (χ1n) is 8.50. The van der Waals surface area contributed by atoms with Crippen molar-refractivity contribution in [2.24, 2.45) is 0 Å². The monoisotopic (exact) mass is 385 g/mol. The van der Waals surface area contributed by atoms with Crippen LogP contribution >= 0.6 is 0 Å². The largest absolute Gasteiger partial charge is 0.493 e. The Kier molecular flexibility index (Phi) is 5.49. The van der Waals surface area contributed by atoms with Crippen molar-refractivity contribution >= 4 is 17.6 Å². The number of hydrogen-bond donors (Lipinski definition) is 3. The van der Waals surface area contributed by atoms with E-state index in [9.17, 15) is 14.0 Å². The van der Waals surface area contributed by atoms with Crippen LogP contribution in [0.5, 0.6) is 11.5 Å². The standard InChI is InChI=1S/C20H20FN3O4/c1-11-17(19(25)23-14-7-5-4-6-13(14)21)18(24-20(26)22-11)12-8-9-15(27-2)16(10-12)28-3/h4-10,18H,1-3H3,(H,23,25)(H2,22,24,26). The van der Waals surface area contributed by atoms with Crippen molar-refractivity contribution in [1.82, 2.24) is 10.6 Å². The van der Waals surface area contributed by atoms with E-state index in [1.54, 1.807) is 31.2 Å².